The number of rotatable bonds is 2. The van der Waals surface area contributed by atoms with E-state index in [0.717, 1.165) is 27.9 Å². The summed E-state index contributed by atoms with van der Waals surface area (Å²) in [7, 11) is 0. The summed E-state index contributed by atoms with van der Waals surface area (Å²) in [6.45, 7) is 10.1. The second-order valence-electron chi connectivity index (χ2n) is 4.69. The third-order valence-corrected chi connectivity index (χ3v) is 3.38. The molecule has 0 saturated carbocycles. The van der Waals surface area contributed by atoms with Gasteiger partial charge in [0.05, 0.1) is 0 Å². The van der Waals surface area contributed by atoms with Gasteiger partial charge in [-0.2, -0.15) is 0 Å². The van der Waals surface area contributed by atoms with Crippen molar-refractivity contribution in [3.05, 3.63) is 27.8 Å². The molecule has 2 atom stereocenters. The van der Waals surface area contributed by atoms with Crippen LogP contribution in [0.4, 0.5) is 5.69 Å². The van der Waals surface area contributed by atoms with Crippen molar-refractivity contribution in [2.24, 2.45) is 11.5 Å². The van der Waals surface area contributed by atoms with E-state index in [9.17, 15) is 0 Å². The van der Waals surface area contributed by atoms with Gasteiger partial charge in [0, 0.05) is 17.8 Å². The predicted molar refractivity (Wildman–Crippen MR) is 70.3 cm³/mol. The first-order valence-electron chi connectivity index (χ1n) is 5.69. The molecule has 3 heteroatoms. The minimum Gasteiger partial charge on any atom is -0.398 e. The summed E-state index contributed by atoms with van der Waals surface area (Å²) in [4.78, 5) is 0. The highest BCUT2D eigenvalue weighted by atomic mass is 14.7. The minimum atomic E-state index is -0.0393. The molecule has 0 aromatic heterocycles. The van der Waals surface area contributed by atoms with Crippen LogP contribution in [0.2, 0.25) is 0 Å². The van der Waals surface area contributed by atoms with E-state index in [4.69, 9.17) is 17.2 Å². The Labute approximate surface area is 98.0 Å². The molecule has 0 aliphatic rings. The van der Waals surface area contributed by atoms with E-state index in [2.05, 4.69) is 6.92 Å². The van der Waals surface area contributed by atoms with Crippen molar-refractivity contribution in [2.75, 3.05) is 5.73 Å². The average molecular weight is 221 g/mol. The van der Waals surface area contributed by atoms with Crippen molar-refractivity contribution in [3.8, 4) is 0 Å². The number of hydrogen-bond donors (Lipinski definition) is 3. The van der Waals surface area contributed by atoms with Crippen LogP contribution in [-0.4, -0.2) is 0 Å². The smallest absolute Gasteiger partial charge is 0.0379 e. The molecule has 6 N–H and O–H groups in total. The van der Waals surface area contributed by atoms with E-state index < -0.39 is 0 Å². The lowest BCUT2D eigenvalue weighted by Crippen LogP contribution is -2.19. The highest BCUT2D eigenvalue weighted by Gasteiger charge is 2.20. The molecule has 16 heavy (non-hydrogen) atoms. The van der Waals surface area contributed by atoms with Crippen molar-refractivity contribution in [2.45, 2.75) is 46.7 Å². The van der Waals surface area contributed by atoms with Gasteiger partial charge in [-0.05, 0) is 62.4 Å². The van der Waals surface area contributed by atoms with Gasteiger partial charge in [-0.3, -0.25) is 0 Å². The number of nitrogen functional groups attached to an aromatic ring is 1. The Bertz CT molecular complexity index is 367. The van der Waals surface area contributed by atoms with Gasteiger partial charge < -0.3 is 17.2 Å². The molecule has 1 aromatic carbocycles. The summed E-state index contributed by atoms with van der Waals surface area (Å²) < 4.78 is 0. The molecular weight excluding hydrogens is 198 g/mol. The van der Waals surface area contributed by atoms with Crippen LogP contribution in [0, 0.1) is 20.8 Å². The lowest BCUT2D eigenvalue weighted by Gasteiger charge is -2.24. The Morgan fingerprint density at radius 1 is 0.750 bits per heavy atom. The molecule has 1 rings (SSSR count). The van der Waals surface area contributed by atoms with Crippen LogP contribution in [0.5, 0.6) is 0 Å². The van der Waals surface area contributed by atoms with Crippen LogP contribution in [0.1, 0.15) is 53.7 Å². The SMILES string of the molecule is Cc1c(C)c(C(C)N)c(C(C)N)c(C)c1N. The fraction of sp³-hybridized carbons (Fsp3) is 0.538. The number of hydrogen-bond acceptors (Lipinski definition) is 3. The number of nitrogens with two attached hydrogens (primary N) is 3. The standard InChI is InChI=1S/C13H23N3/c1-6-7(2)13(16)8(3)12(10(5)15)11(6)9(4)14/h9-10H,14-16H2,1-5H3. The van der Waals surface area contributed by atoms with E-state index in [1.165, 1.54) is 5.56 Å². The molecular formula is C13H23N3. The zero-order valence-electron chi connectivity index (χ0n) is 10.9. The quantitative estimate of drug-likeness (QED) is 0.670. The van der Waals surface area contributed by atoms with Crippen molar-refractivity contribution in [3.63, 3.8) is 0 Å². The second-order valence-corrected chi connectivity index (χ2v) is 4.69. The summed E-state index contributed by atoms with van der Waals surface area (Å²) in [5.41, 5.74) is 24.6. The molecule has 2 unspecified atom stereocenters. The largest absolute Gasteiger partial charge is 0.398 e. The molecule has 0 heterocycles. The number of benzene rings is 1. The predicted octanol–water partition coefficient (Wildman–Crippen LogP) is 2.23. The zero-order valence-corrected chi connectivity index (χ0v) is 10.9. The molecule has 0 aliphatic heterocycles. The Kier molecular flexibility index (Phi) is 3.61. The lowest BCUT2D eigenvalue weighted by atomic mass is 9.85. The molecule has 0 bridgehead atoms. The topological polar surface area (TPSA) is 78.1 Å². The molecule has 0 spiro atoms. The molecule has 0 saturated heterocycles. The summed E-state index contributed by atoms with van der Waals surface area (Å²) in [5.74, 6) is 0. The minimum absolute atomic E-state index is 0.0148. The fourth-order valence-corrected chi connectivity index (χ4v) is 2.41. The molecule has 0 amide bonds. The maximum Gasteiger partial charge on any atom is 0.0379 e. The van der Waals surface area contributed by atoms with Gasteiger partial charge >= 0.3 is 0 Å². The van der Waals surface area contributed by atoms with Crippen LogP contribution >= 0.6 is 0 Å². The Hall–Kier alpha value is -1.06. The van der Waals surface area contributed by atoms with E-state index in [1.807, 2.05) is 27.7 Å². The Morgan fingerprint density at radius 3 is 1.50 bits per heavy atom. The number of anilines is 1. The van der Waals surface area contributed by atoms with Gasteiger partial charge in [0.25, 0.3) is 0 Å². The molecule has 0 fully saturated rings. The first-order valence-corrected chi connectivity index (χ1v) is 5.69. The highest BCUT2D eigenvalue weighted by Crippen LogP contribution is 2.34. The first-order chi connectivity index (χ1) is 7.29. The van der Waals surface area contributed by atoms with Crippen molar-refractivity contribution < 1.29 is 0 Å². The van der Waals surface area contributed by atoms with Crippen LogP contribution in [-0.2, 0) is 0 Å². The van der Waals surface area contributed by atoms with Crippen LogP contribution < -0.4 is 17.2 Å². The van der Waals surface area contributed by atoms with Crippen molar-refractivity contribution in [1.29, 1.82) is 0 Å². The molecule has 1 aromatic rings. The second kappa shape index (κ2) is 4.44. The van der Waals surface area contributed by atoms with Crippen molar-refractivity contribution in [1.82, 2.24) is 0 Å². The molecule has 0 aliphatic carbocycles. The van der Waals surface area contributed by atoms with Gasteiger partial charge in [0.15, 0.2) is 0 Å². The fourth-order valence-electron chi connectivity index (χ4n) is 2.41. The molecule has 3 nitrogen and oxygen atoms in total. The Balaban J connectivity index is 3.69. The van der Waals surface area contributed by atoms with Gasteiger partial charge in [0.1, 0.15) is 0 Å². The van der Waals surface area contributed by atoms with Crippen LogP contribution in [0.15, 0.2) is 0 Å². The summed E-state index contributed by atoms with van der Waals surface area (Å²) in [6.07, 6.45) is 0. The summed E-state index contributed by atoms with van der Waals surface area (Å²) >= 11 is 0. The molecule has 90 valence electrons. The van der Waals surface area contributed by atoms with E-state index in [-0.39, 0.29) is 12.1 Å². The monoisotopic (exact) mass is 221 g/mol. The first kappa shape index (κ1) is 13.0. The molecule has 0 radical (unpaired) electrons. The lowest BCUT2D eigenvalue weighted by molar-refractivity contribution is 0.734. The summed E-state index contributed by atoms with van der Waals surface area (Å²) in [6, 6.07) is -0.0541. The van der Waals surface area contributed by atoms with E-state index >= 15 is 0 Å². The highest BCUT2D eigenvalue weighted by molar-refractivity contribution is 5.63. The third-order valence-electron chi connectivity index (χ3n) is 3.38. The van der Waals surface area contributed by atoms with E-state index in [1.54, 1.807) is 0 Å². The van der Waals surface area contributed by atoms with Gasteiger partial charge in [-0.1, -0.05) is 0 Å². The Morgan fingerprint density at radius 2 is 1.12 bits per heavy atom. The maximum absolute atomic E-state index is 6.09. The van der Waals surface area contributed by atoms with Gasteiger partial charge in [-0.15, -0.1) is 0 Å². The maximum atomic E-state index is 6.09. The van der Waals surface area contributed by atoms with Gasteiger partial charge in [0.2, 0.25) is 0 Å². The summed E-state index contributed by atoms with van der Waals surface area (Å²) in [5, 5.41) is 0. The van der Waals surface area contributed by atoms with Gasteiger partial charge in [-0.25, -0.2) is 0 Å². The van der Waals surface area contributed by atoms with Crippen molar-refractivity contribution >= 4 is 5.69 Å². The normalized spacial score (nSPS) is 14.9. The van der Waals surface area contributed by atoms with Crippen LogP contribution in [0.3, 0.4) is 0 Å². The third kappa shape index (κ3) is 1.93. The zero-order chi connectivity index (χ0) is 12.6. The van der Waals surface area contributed by atoms with E-state index in [0.29, 0.717) is 0 Å². The van der Waals surface area contributed by atoms with Crippen LogP contribution in [0.25, 0.3) is 0 Å². The average Bonchev–Trinajstić information content (AvgIpc) is 2.18.